The van der Waals surface area contributed by atoms with E-state index in [1.54, 1.807) is 7.11 Å². The number of ether oxygens (including phenoxy) is 1. The molecule has 0 unspecified atom stereocenters. The summed E-state index contributed by atoms with van der Waals surface area (Å²) in [6, 6.07) is 10.7. The van der Waals surface area contributed by atoms with Crippen molar-refractivity contribution in [2.45, 2.75) is 38.3 Å². The van der Waals surface area contributed by atoms with Crippen LogP contribution in [-0.4, -0.2) is 65.5 Å². The van der Waals surface area contributed by atoms with Crippen LogP contribution in [0.15, 0.2) is 36.5 Å². The second-order valence-corrected chi connectivity index (χ2v) is 10.1. The van der Waals surface area contributed by atoms with E-state index in [-0.39, 0.29) is 12.0 Å². The molecule has 3 aliphatic rings. The average molecular weight is 473 g/mol. The molecule has 2 aromatic carbocycles. The van der Waals surface area contributed by atoms with Crippen LogP contribution >= 0.6 is 0 Å². The van der Waals surface area contributed by atoms with Gasteiger partial charge in [0.15, 0.2) is 0 Å². The summed E-state index contributed by atoms with van der Waals surface area (Å²) >= 11 is 0. The van der Waals surface area contributed by atoms with E-state index in [0.29, 0.717) is 11.9 Å². The number of rotatable bonds is 6. The second kappa shape index (κ2) is 9.00. The number of hydrogen-bond donors (Lipinski definition) is 2. The van der Waals surface area contributed by atoms with Crippen LogP contribution in [0.2, 0.25) is 0 Å². The molecule has 182 valence electrons. The Morgan fingerprint density at radius 1 is 1.11 bits per heavy atom. The highest BCUT2D eigenvalue weighted by Crippen LogP contribution is 2.34. The van der Waals surface area contributed by atoms with Gasteiger partial charge in [-0.15, -0.1) is 0 Å². The van der Waals surface area contributed by atoms with E-state index in [4.69, 9.17) is 9.72 Å². The normalized spacial score (nSPS) is 20.1. The van der Waals surface area contributed by atoms with E-state index in [9.17, 15) is 4.79 Å². The zero-order valence-electron chi connectivity index (χ0n) is 20.4. The lowest BCUT2D eigenvalue weighted by Crippen LogP contribution is -2.32. The van der Waals surface area contributed by atoms with Crippen LogP contribution in [0.5, 0.6) is 5.75 Å². The molecule has 8 nitrogen and oxygen atoms in total. The number of benzene rings is 2. The van der Waals surface area contributed by atoms with Crippen molar-refractivity contribution in [3.8, 4) is 5.75 Å². The minimum Gasteiger partial charge on any atom is -0.495 e. The summed E-state index contributed by atoms with van der Waals surface area (Å²) in [7, 11) is 3.84. The highest BCUT2D eigenvalue weighted by atomic mass is 16.5. The van der Waals surface area contributed by atoms with Gasteiger partial charge in [0.2, 0.25) is 11.9 Å². The van der Waals surface area contributed by atoms with Gasteiger partial charge >= 0.3 is 0 Å². The Morgan fingerprint density at radius 3 is 2.83 bits per heavy atom. The summed E-state index contributed by atoms with van der Waals surface area (Å²) in [5.41, 5.74) is 5.40. The van der Waals surface area contributed by atoms with Crippen molar-refractivity contribution >= 4 is 34.1 Å². The first-order chi connectivity index (χ1) is 17.1. The maximum atomic E-state index is 12.4. The van der Waals surface area contributed by atoms with Gasteiger partial charge in [0, 0.05) is 55.4 Å². The molecule has 0 radical (unpaired) electrons. The first-order valence-electron chi connectivity index (χ1n) is 12.5. The van der Waals surface area contributed by atoms with Crippen LogP contribution in [0, 0.1) is 5.92 Å². The fraction of sp³-hybridized carbons (Fsp3) is 0.444. The van der Waals surface area contributed by atoms with E-state index < -0.39 is 0 Å². The molecule has 2 fully saturated rings. The lowest BCUT2D eigenvalue weighted by Gasteiger charge is -2.26. The summed E-state index contributed by atoms with van der Waals surface area (Å²) in [6.45, 7) is 3.60. The summed E-state index contributed by atoms with van der Waals surface area (Å²) in [5, 5.41) is 7.96. The van der Waals surface area contributed by atoms with Gasteiger partial charge in [-0.3, -0.25) is 4.79 Å². The van der Waals surface area contributed by atoms with Gasteiger partial charge in [-0.2, -0.15) is 0 Å². The number of hydrogen-bond acceptors (Lipinski definition) is 7. The molecule has 3 heterocycles. The maximum Gasteiger partial charge on any atom is 0.227 e. The van der Waals surface area contributed by atoms with E-state index in [2.05, 4.69) is 51.8 Å². The van der Waals surface area contributed by atoms with Crippen molar-refractivity contribution in [1.29, 1.82) is 0 Å². The molecule has 3 aromatic rings. The van der Waals surface area contributed by atoms with Crippen LogP contribution in [0.4, 0.5) is 17.3 Å². The third kappa shape index (κ3) is 4.62. The Hall–Kier alpha value is -3.39. The average Bonchev–Trinajstić information content (AvgIpc) is 3.61. The quantitative estimate of drug-likeness (QED) is 0.565. The van der Waals surface area contributed by atoms with Gasteiger partial charge in [-0.25, -0.2) is 9.97 Å². The molecule has 2 N–H and O–H groups in total. The Kier molecular flexibility index (Phi) is 5.68. The highest BCUT2D eigenvalue weighted by molar-refractivity contribution is 5.83. The zero-order chi connectivity index (χ0) is 23.9. The van der Waals surface area contributed by atoms with Gasteiger partial charge in [0.05, 0.1) is 18.3 Å². The van der Waals surface area contributed by atoms with E-state index >= 15 is 0 Å². The minimum absolute atomic E-state index is 0.271. The molecule has 35 heavy (non-hydrogen) atoms. The monoisotopic (exact) mass is 472 g/mol. The largest absolute Gasteiger partial charge is 0.495 e. The molecule has 1 aromatic heterocycles. The maximum absolute atomic E-state index is 12.4. The molecular weight excluding hydrogens is 440 g/mol. The standard InChI is InChI=1S/C27H32N6O2/c1-32-9-7-18-12-25(35-2)24(11-20(18)15-32)31-27-28-14-19-5-6-21(13-23(19)30-27)29-22-8-10-33(16-22)26(34)17-3-4-17/h5-6,11-14,17,22,29H,3-4,7-10,15-16H2,1-2H3,(H,28,30,31)/t22-/m0/s1. The number of nitrogens with one attached hydrogen (secondary N) is 2. The number of aromatic nitrogens is 2. The Morgan fingerprint density at radius 2 is 2.00 bits per heavy atom. The van der Waals surface area contributed by atoms with Crippen LogP contribution in [0.3, 0.4) is 0 Å². The summed E-state index contributed by atoms with van der Waals surface area (Å²) in [5.74, 6) is 1.96. The number of carbonyl (C=O) groups excluding carboxylic acids is 1. The molecule has 1 amide bonds. The number of methoxy groups -OCH3 is 1. The molecule has 8 heteroatoms. The fourth-order valence-corrected chi connectivity index (χ4v) is 5.19. The molecule has 0 bridgehead atoms. The van der Waals surface area contributed by atoms with E-state index in [0.717, 1.165) is 79.9 Å². The molecule has 1 aliphatic carbocycles. The van der Waals surface area contributed by atoms with E-state index in [1.165, 1.54) is 11.1 Å². The van der Waals surface area contributed by atoms with Crippen molar-refractivity contribution in [2.24, 2.45) is 5.92 Å². The summed E-state index contributed by atoms with van der Waals surface area (Å²) < 4.78 is 5.67. The topological polar surface area (TPSA) is 82.6 Å². The molecule has 0 spiro atoms. The molecule has 1 saturated heterocycles. The summed E-state index contributed by atoms with van der Waals surface area (Å²) in [4.78, 5) is 26.0. The summed E-state index contributed by atoms with van der Waals surface area (Å²) in [6.07, 6.45) is 5.96. The number of anilines is 3. The highest BCUT2D eigenvalue weighted by Gasteiger charge is 2.36. The predicted octanol–water partition coefficient (Wildman–Crippen LogP) is 3.79. The first-order valence-corrected chi connectivity index (χ1v) is 12.5. The van der Waals surface area contributed by atoms with Crippen molar-refractivity contribution in [3.63, 3.8) is 0 Å². The van der Waals surface area contributed by atoms with Gasteiger partial charge < -0.3 is 25.2 Å². The SMILES string of the molecule is COc1cc2c(cc1Nc1ncc3ccc(N[C@H]4CCN(C(=O)C5CC5)C4)cc3n1)CN(C)CC2. The van der Waals surface area contributed by atoms with Gasteiger partial charge in [0.25, 0.3) is 0 Å². The number of likely N-dealkylation sites (N-methyl/N-ethyl adjacent to an activating group) is 1. The van der Waals surface area contributed by atoms with Crippen molar-refractivity contribution < 1.29 is 9.53 Å². The number of amides is 1. The smallest absolute Gasteiger partial charge is 0.227 e. The van der Waals surface area contributed by atoms with Crippen molar-refractivity contribution in [1.82, 2.24) is 19.8 Å². The fourth-order valence-electron chi connectivity index (χ4n) is 5.19. The molecule has 1 atom stereocenters. The van der Waals surface area contributed by atoms with Gasteiger partial charge in [0.1, 0.15) is 5.75 Å². The van der Waals surface area contributed by atoms with Crippen LogP contribution in [0.25, 0.3) is 10.9 Å². The third-order valence-electron chi connectivity index (χ3n) is 7.35. The first kappa shape index (κ1) is 22.1. The predicted molar refractivity (Wildman–Crippen MR) is 137 cm³/mol. The third-order valence-corrected chi connectivity index (χ3v) is 7.35. The van der Waals surface area contributed by atoms with Gasteiger partial charge in [-0.05, 0) is 74.2 Å². The Labute approximate surface area is 205 Å². The zero-order valence-corrected chi connectivity index (χ0v) is 20.4. The molecular formula is C27H32N6O2. The molecule has 1 saturated carbocycles. The number of carbonyl (C=O) groups is 1. The number of fused-ring (bicyclic) bond motifs is 2. The number of nitrogens with zero attached hydrogens (tertiary/aromatic N) is 4. The molecule has 2 aliphatic heterocycles. The van der Waals surface area contributed by atoms with Crippen molar-refractivity contribution in [3.05, 3.63) is 47.7 Å². The number of likely N-dealkylation sites (tertiary alicyclic amines) is 1. The lowest BCUT2D eigenvalue weighted by atomic mass is 9.99. The lowest BCUT2D eigenvalue weighted by molar-refractivity contribution is -0.131. The van der Waals surface area contributed by atoms with E-state index in [1.807, 2.05) is 17.2 Å². The van der Waals surface area contributed by atoms with Gasteiger partial charge in [-0.1, -0.05) is 0 Å². The Bertz CT molecular complexity index is 1270. The molecule has 6 rings (SSSR count). The van der Waals surface area contributed by atoms with Crippen LogP contribution in [0.1, 0.15) is 30.4 Å². The Balaban J connectivity index is 1.19. The van der Waals surface area contributed by atoms with Crippen molar-refractivity contribution in [2.75, 3.05) is 44.4 Å². The van der Waals surface area contributed by atoms with Crippen LogP contribution in [-0.2, 0) is 17.8 Å². The second-order valence-electron chi connectivity index (χ2n) is 10.1. The van der Waals surface area contributed by atoms with Crippen LogP contribution < -0.4 is 15.4 Å². The minimum atomic E-state index is 0.271.